The number of nitrogens with two attached hydrogens (primary N) is 1. The van der Waals surface area contributed by atoms with Gasteiger partial charge in [-0.2, -0.15) is 0 Å². The van der Waals surface area contributed by atoms with Crippen LogP contribution in [0.3, 0.4) is 0 Å². The molecular weight excluding hydrogens is 218 g/mol. The summed E-state index contributed by atoms with van der Waals surface area (Å²) in [6, 6.07) is 3.83. The molecule has 0 aliphatic carbocycles. The Balaban J connectivity index is 3.18. The maximum Gasteiger partial charge on any atom is 0.129 e. The zero-order chi connectivity index (χ0) is 12.7. The van der Waals surface area contributed by atoms with Crippen LogP contribution in [0.1, 0.15) is 11.1 Å². The number of ether oxygens (including phenoxy) is 3. The first-order chi connectivity index (χ1) is 8.26. The lowest BCUT2D eigenvalue weighted by Crippen LogP contribution is -1.98. The van der Waals surface area contributed by atoms with Crippen LogP contribution in [0.15, 0.2) is 18.2 Å². The summed E-state index contributed by atoms with van der Waals surface area (Å²) < 4.78 is 15.7. The minimum atomic E-state index is 0.495. The molecule has 0 amide bonds. The summed E-state index contributed by atoms with van der Waals surface area (Å²) in [5, 5.41) is 0. The number of hydrogen-bond donors (Lipinski definition) is 1. The van der Waals surface area contributed by atoms with E-state index in [9.17, 15) is 0 Å². The molecule has 0 heterocycles. The Morgan fingerprint density at radius 2 is 1.82 bits per heavy atom. The molecule has 4 heteroatoms. The van der Waals surface area contributed by atoms with Crippen LogP contribution in [0, 0.1) is 0 Å². The molecule has 2 N–H and O–H groups in total. The van der Waals surface area contributed by atoms with Gasteiger partial charge in [0.1, 0.15) is 11.5 Å². The third-order valence-corrected chi connectivity index (χ3v) is 2.37. The van der Waals surface area contributed by atoms with Crippen LogP contribution in [0.4, 0.5) is 0 Å². The molecule has 94 valence electrons. The molecule has 0 saturated carbocycles. The van der Waals surface area contributed by atoms with Gasteiger partial charge >= 0.3 is 0 Å². The van der Waals surface area contributed by atoms with Crippen molar-refractivity contribution in [1.82, 2.24) is 0 Å². The number of benzene rings is 1. The molecule has 0 aliphatic rings. The maximum absolute atomic E-state index is 5.44. The summed E-state index contributed by atoms with van der Waals surface area (Å²) in [7, 11) is 4.91. The molecule has 0 saturated heterocycles. The molecule has 0 unspecified atom stereocenters. The Kier molecular flexibility index (Phi) is 5.52. The monoisotopic (exact) mass is 237 g/mol. The fourth-order valence-corrected chi connectivity index (χ4v) is 1.59. The third-order valence-electron chi connectivity index (χ3n) is 2.37. The van der Waals surface area contributed by atoms with Gasteiger partial charge in [0, 0.05) is 30.8 Å². The number of hydrogen-bond acceptors (Lipinski definition) is 4. The van der Waals surface area contributed by atoms with Gasteiger partial charge in [0.05, 0.1) is 20.8 Å². The Morgan fingerprint density at radius 3 is 2.35 bits per heavy atom. The van der Waals surface area contributed by atoms with Crippen molar-refractivity contribution >= 4 is 6.08 Å². The molecule has 0 bridgehead atoms. The van der Waals surface area contributed by atoms with Crippen LogP contribution in [0.5, 0.6) is 11.5 Å². The second-order valence-electron chi connectivity index (χ2n) is 3.48. The highest BCUT2D eigenvalue weighted by atomic mass is 16.5. The van der Waals surface area contributed by atoms with Gasteiger partial charge in [-0.25, -0.2) is 0 Å². The average molecular weight is 237 g/mol. The van der Waals surface area contributed by atoms with E-state index < -0.39 is 0 Å². The predicted octanol–water partition coefficient (Wildman–Crippen LogP) is 1.82. The Morgan fingerprint density at radius 1 is 1.12 bits per heavy atom. The van der Waals surface area contributed by atoms with Crippen molar-refractivity contribution in [2.45, 2.75) is 6.61 Å². The summed E-state index contributed by atoms with van der Waals surface area (Å²) >= 11 is 0. The number of methoxy groups -OCH3 is 3. The molecule has 0 fully saturated rings. The van der Waals surface area contributed by atoms with Gasteiger partial charge in [0.2, 0.25) is 0 Å². The van der Waals surface area contributed by atoms with Gasteiger partial charge in [0.25, 0.3) is 0 Å². The quantitative estimate of drug-likeness (QED) is 0.820. The van der Waals surface area contributed by atoms with Crippen molar-refractivity contribution in [3.63, 3.8) is 0 Å². The minimum absolute atomic E-state index is 0.495. The zero-order valence-electron chi connectivity index (χ0n) is 10.5. The van der Waals surface area contributed by atoms with Crippen LogP contribution >= 0.6 is 0 Å². The van der Waals surface area contributed by atoms with Crippen molar-refractivity contribution in [2.75, 3.05) is 27.9 Å². The summed E-state index contributed by atoms with van der Waals surface area (Å²) in [4.78, 5) is 0. The molecular formula is C13H19NO3. The summed E-state index contributed by atoms with van der Waals surface area (Å²) in [6.45, 7) is 0.991. The average Bonchev–Trinajstić information content (AvgIpc) is 2.36. The largest absolute Gasteiger partial charge is 0.496 e. The van der Waals surface area contributed by atoms with E-state index in [-0.39, 0.29) is 0 Å². The molecule has 0 radical (unpaired) electrons. The van der Waals surface area contributed by atoms with Crippen LogP contribution in [-0.2, 0) is 11.3 Å². The lowest BCUT2D eigenvalue weighted by atomic mass is 10.1. The van der Waals surface area contributed by atoms with Gasteiger partial charge in [-0.3, -0.25) is 0 Å². The molecule has 17 heavy (non-hydrogen) atoms. The van der Waals surface area contributed by atoms with E-state index in [1.807, 2.05) is 24.3 Å². The third kappa shape index (κ3) is 3.47. The zero-order valence-corrected chi connectivity index (χ0v) is 10.5. The van der Waals surface area contributed by atoms with Crippen molar-refractivity contribution in [2.24, 2.45) is 5.73 Å². The Labute approximate surface area is 102 Å². The first-order valence-electron chi connectivity index (χ1n) is 5.37. The molecule has 1 rings (SSSR count). The Hall–Kier alpha value is -1.52. The summed E-state index contributed by atoms with van der Waals surface area (Å²) in [5.41, 5.74) is 7.39. The summed E-state index contributed by atoms with van der Waals surface area (Å²) in [5.74, 6) is 1.51. The molecule has 0 spiro atoms. The molecule has 1 aromatic rings. The van der Waals surface area contributed by atoms with Gasteiger partial charge in [-0.1, -0.05) is 12.2 Å². The maximum atomic E-state index is 5.44. The second-order valence-corrected chi connectivity index (χ2v) is 3.48. The van der Waals surface area contributed by atoms with E-state index in [1.165, 1.54) is 0 Å². The Bertz CT molecular complexity index is 388. The summed E-state index contributed by atoms with van der Waals surface area (Å²) in [6.07, 6.45) is 3.80. The van der Waals surface area contributed by atoms with Crippen LogP contribution in [0.25, 0.3) is 6.08 Å². The van der Waals surface area contributed by atoms with Gasteiger partial charge < -0.3 is 19.9 Å². The normalized spacial score (nSPS) is 10.8. The molecule has 1 aromatic carbocycles. The highest BCUT2D eigenvalue weighted by Gasteiger charge is 2.09. The molecule has 0 atom stereocenters. The molecule has 4 nitrogen and oxygen atoms in total. The fourth-order valence-electron chi connectivity index (χ4n) is 1.59. The SMILES string of the molecule is COCc1cc(/C=C/CN)c(OC)cc1OC. The van der Waals surface area contributed by atoms with Crippen LogP contribution in [0.2, 0.25) is 0 Å². The highest BCUT2D eigenvalue weighted by Crippen LogP contribution is 2.30. The van der Waals surface area contributed by atoms with E-state index in [0.29, 0.717) is 13.2 Å². The fraction of sp³-hybridized carbons (Fsp3) is 0.385. The van der Waals surface area contributed by atoms with E-state index in [4.69, 9.17) is 19.9 Å². The van der Waals surface area contributed by atoms with Crippen molar-refractivity contribution in [3.8, 4) is 11.5 Å². The van der Waals surface area contributed by atoms with Crippen LogP contribution < -0.4 is 15.2 Å². The van der Waals surface area contributed by atoms with Gasteiger partial charge in [-0.05, 0) is 6.07 Å². The second kappa shape index (κ2) is 6.93. The first-order valence-corrected chi connectivity index (χ1v) is 5.37. The van der Waals surface area contributed by atoms with Gasteiger partial charge in [0.15, 0.2) is 0 Å². The van der Waals surface area contributed by atoms with E-state index in [0.717, 1.165) is 22.6 Å². The van der Waals surface area contributed by atoms with Crippen molar-refractivity contribution in [1.29, 1.82) is 0 Å². The lowest BCUT2D eigenvalue weighted by Gasteiger charge is -2.12. The smallest absolute Gasteiger partial charge is 0.129 e. The standard InChI is InChI=1S/C13H19NO3/c1-15-9-11-7-10(5-4-6-14)12(16-2)8-13(11)17-3/h4-5,7-8H,6,9,14H2,1-3H3/b5-4+. The molecule has 0 aliphatic heterocycles. The van der Waals surface area contributed by atoms with Crippen molar-refractivity contribution in [3.05, 3.63) is 29.3 Å². The van der Waals surface area contributed by atoms with E-state index in [1.54, 1.807) is 21.3 Å². The first kappa shape index (κ1) is 13.5. The lowest BCUT2D eigenvalue weighted by molar-refractivity contribution is 0.181. The highest BCUT2D eigenvalue weighted by molar-refractivity contribution is 5.61. The van der Waals surface area contributed by atoms with E-state index in [2.05, 4.69) is 0 Å². The van der Waals surface area contributed by atoms with Crippen molar-refractivity contribution < 1.29 is 14.2 Å². The van der Waals surface area contributed by atoms with Gasteiger partial charge in [-0.15, -0.1) is 0 Å². The topological polar surface area (TPSA) is 53.7 Å². The van der Waals surface area contributed by atoms with E-state index >= 15 is 0 Å². The number of rotatable bonds is 6. The predicted molar refractivity (Wildman–Crippen MR) is 68.3 cm³/mol. The minimum Gasteiger partial charge on any atom is -0.496 e. The van der Waals surface area contributed by atoms with Crippen LogP contribution in [-0.4, -0.2) is 27.9 Å². The molecule has 0 aromatic heterocycles.